The standard InChI is InChI=1S/C28H29N5O3S/c1-34-25-13-12-22(18-26(25)35-2)27(28-29-30-31-33(28)15-14-21-8-4-3-5-9-21)32(19-23-10-6-16-36-23)20-24-11-7-17-37-24/h3-13,16-18,27H,14-15,19-20H2,1-2H3/t27-/m0/s1. The molecule has 8 nitrogen and oxygen atoms in total. The number of benzene rings is 2. The van der Waals surface area contributed by atoms with Crippen molar-refractivity contribution in [3.05, 3.63) is 112 Å². The van der Waals surface area contributed by atoms with Gasteiger partial charge in [-0.3, -0.25) is 4.90 Å². The molecule has 0 N–H and O–H groups in total. The topological polar surface area (TPSA) is 78.4 Å². The minimum Gasteiger partial charge on any atom is -0.493 e. The van der Waals surface area contributed by atoms with Gasteiger partial charge in [-0.2, -0.15) is 0 Å². The highest BCUT2D eigenvalue weighted by Crippen LogP contribution is 2.36. The van der Waals surface area contributed by atoms with Gasteiger partial charge in [-0.1, -0.05) is 42.5 Å². The number of aromatic nitrogens is 4. The minimum atomic E-state index is -0.266. The predicted octanol–water partition coefficient (Wildman–Crippen LogP) is 5.38. The quantitative estimate of drug-likeness (QED) is 0.221. The smallest absolute Gasteiger partial charge is 0.173 e. The van der Waals surface area contributed by atoms with Crippen molar-refractivity contribution in [1.29, 1.82) is 0 Å². The molecule has 9 heteroatoms. The van der Waals surface area contributed by atoms with Crippen molar-refractivity contribution in [1.82, 2.24) is 25.1 Å². The zero-order valence-corrected chi connectivity index (χ0v) is 21.7. The second-order valence-electron chi connectivity index (χ2n) is 8.58. The van der Waals surface area contributed by atoms with Crippen LogP contribution in [0.5, 0.6) is 11.5 Å². The first-order valence-electron chi connectivity index (χ1n) is 12.1. The van der Waals surface area contributed by atoms with E-state index < -0.39 is 0 Å². The summed E-state index contributed by atoms with van der Waals surface area (Å²) in [5.74, 6) is 2.95. The van der Waals surface area contributed by atoms with Crippen molar-refractivity contribution in [2.24, 2.45) is 0 Å². The number of aryl methyl sites for hydroxylation is 2. The molecule has 0 saturated heterocycles. The molecule has 3 aromatic heterocycles. The molecule has 5 aromatic rings. The van der Waals surface area contributed by atoms with Gasteiger partial charge in [-0.15, -0.1) is 16.4 Å². The number of hydrogen-bond acceptors (Lipinski definition) is 8. The van der Waals surface area contributed by atoms with E-state index in [0.29, 0.717) is 31.1 Å². The minimum absolute atomic E-state index is 0.266. The molecule has 0 aliphatic rings. The lowest BCUT2D eigenvalue weighted by molar-refractivity contribution is 0.181. The summed E-state index contributed by atoms with van der Waals surface area (Å²) in [5, 5.41) is 15.1. The Labute approximate surface area is 220 Å². The number of nitrogens with zero attached hydrogens (tertiary/aromatic N) is 5. The van der Waals surface area contributed by atoms with Crippen LogP contribution in [0.15, 0.2) is 88.9 Å². The van der Waals surface area contributed by atoms with Crippen LogP contribution < -0.4 is 9.47 Å². The maximum atomic E-state index is 5.76. The van der Waals surface area contributed by atoms with E-state index in [1.165, 1.54) is 10.4 Å². The van der Waals surface area contributed by atoms with Crippen molar-refractivity contribution >= 4 is 11.3 Å². The van der Waals surface area contributed by atoms with Crippen molar-refractivity contribution < 1.29 is 13.9 Å². The molecular weight excluding hydrogens is 486 g/mol. The monoisotopic (exact) mass is 515 g/mol. The number of hydrogen-bond donors (Lipinski definition) is 0. The van der Waals surface area contributed by atoms with Crippen LogP contribution in [0.3, 0.4) is 0 Å². The van der Waals surface area contributed by atoms with Gasteiger partial charge in [0, 0.05) is 18.0 Å². The van der Waals surface area contributed by atoms with Crippen molar-refractivity contribution in [2.45, 2.75) is 32.1 Å². The number of thiophene rings is 1. The largest absolute Gasteiger partial charge is 0.493 e. The van der Waals surface area contributed by atoms with E-state index in [0.717, 1.165) is 23.6 Å². The third-order valence-corrected chi connectivity index (χ3v) is 7.09. The molecule has 2 aromatic carbocycles. The van der Waals surface area contributed by atoms with Gasteiger partial charge in [0.25, 0.3) is 0 Å². The van der Waals surface area contributed by atoms with Gasteiger partial charge < -0.3 is 13.9 Å². The average molecular weight is 516 g/mol. The second kappa shape index (κ2) is 11.9. The highest BCUT2D eigenvalue weighted by atomic mass is 32.1. The van der Waals surface area contributed by atoms with E-state index in [1.807, 2.05) is 53.2 Å². The Kier molecular flexibility index (Phi) is 7.93. The molecular formula is C28H29N5O3S. The predicted molar refractivity (Wildman–Crippen MR) is 142 cm³/mol. The Hall–Kier alpha value is -3.95. The molecule has 3 heterocycles. The first-order valence-corrected chi connectivity index (χ1v) is 12.9. The Bertz CT molecular complexity index is 1330. The number of methoxy groups -OCH3 is 2. The molecule has 0 bridgehead atoms. The zero-order chi connectivity index (χ0) is 25.5. The molecule has 5 rings (SSSR count). The first kappa shape index (κ1) is 24.7. The summed E-state index contributed by atoms with van der Waals surface area (Å²) in [6.45, 7) is 1.93. The zero-order valence-electron chi connectivity index (χ0n) is 20.9. The first-order chi connectivity index (χ1) is 18.2. The van der Waals surface area contributed by atoms with Gasteiger partial charge >= 0.3 is 0 Å². The lowest BCUT2D eigenvalue weighted by Crippen LogP contribution is -2.31. The maximum Gasteiger partial charge on any atom is 0.173 e. The number of rotatable bonds is 12. The summed E-state index contributed by atoms with van der Waals surface area (Å²) in [7, 11) is 3.28. The van der Waals surface area contributed by atoms with Gasteiger partial charge in [0.1, 0.15) is 5.76 Å². The van der Waals surface area contributed by atoms with Gasteiger partial charge in [-0.25, -0.2) is 4.68 Å². The van der Waals surface area contributed by atoms with E-state index in [4.69, 9.17) is 13.9 Å². The Balaban J connectivity index is 1.56. The fraction of sp³-hybridized carbons (Fsp3) is 0.250. The van der Waals surface area contributed by atoms with Crippen LogP contribution in [0, 0.1) is 0 Å². The molecule has 0 spiro atoms. The Morgan fingerprint density at radius 1 is 0.946 bits per heavy atom. The maximum absolute atomic E-state index is 5.76. The third-order valence-electron chi connectivity index (χ3n) is 6.23. The molecule has 0 fully saturated rings. The number of ether oxygens (including phenoxy) is 2. The van der Waals surface area contributed by atoms with E-state index in [9.17, 15) is 0 Å². The Morgan fingerprint density at radius 3 is 2.54 bits per heavy atom. The molecule has 0 aliphatic carbocycles. The molecule has 0 amide bonds. The highest BCUT2D eigenvalue weighted by molar-refractivity contribution is 7.09. The van der Waals surface area contributed by atoms with Gasteiger partial charge in [-0.05, 0) is 63.7 Å². The number of furan rings is 1. The summed E-state index contributed by atoms with van der Waals surface area (Å²) in [6.07, 6.45) is 2.52. The van der Waals surface area contributed by atoms with Crippen LogP contribution in [0.25, 0.3) is 0 Å². The van der Waals surface area contributed by atoms with Gasteiger partial charge in [0.2, 0.25) is 0 Å². The SMILES string of the molecule is COc1ccc([C@@H](c2nnnn2CCc2ccccc2)N(Cc2ccco2)Cc2cccs2)cc1OC. The lowest BCUT2D eigenvalue weighted by Gasteiger charge is -2.30. The van der Waals surface area contributed by atoms with E-state index in [2.05, 4.69) is 50.1 Å². The molecule has 0 unspecified atom stereocenters. The average Bonchev–Trinajstić information content (AvgIpc) is 3.72. The van der Waals surface area contributed by atoms with Crippen LogP contribution in [-0.4, -0.2) is 39.3 Å². The van der Waals surface area contributed by atoms with Crippen LogP contribution in [-0.2, 0) is 26.1 Å². The Morgan fingerprint density at radius 2 is 1.81 bits per heavy atom. The van der Waals surface area contributed by atoms with E-state index in [1.54, 1.807) is 31.8 Å². The molecule has 0 saturated carbocycles. The van der Waals surface area contributed by atoms with E-state index in [-0.39, 0.29) is 6.04 Å². The van der Waals surface area contributed by atoms with Crippen molar-refractivity contribution in [3.8, 4) is 11.5 Å². The molecule has 0 radical (unpaired) electrons. The molecule has 190 valence electrons. The summed E-state index contributed by atoms with van der Waals surface area (Å²) in [6, 6.07) is 24.2. The summed E-state index contributed by atoms with van der Waals surface area (Å²) in [5.41, 5.74) is 2.23. The van der Waals surface area contributed by atoms with Gasteiger partial charge in [0.05, 0.1) is 33.1 Å². The van der Waals surface area contributed by atoms with E-state index >= 15 is 0 Å². The fourth-order valence-corrected chi connectivity index (χ4v) is 5.17. The second-order valence-corrected chi connectivity index (χ2v) is 9.61. The molecule has 1 atom stereocenters. The fourth-order valence-electron chi connectivity index (χ4n) is 4.44. The van der Waals surface area contributed by atoms with Crippen molar-refractivity contribution in [3.63, 3.8) is 0 Å². The molecule has 37 heavy (non-hydrogen) atoms. The number of tetrazole rings is 1. The highest BCUT2D eigenvalue weighted by Gasteiger charge is 2.30. The summed E-state index contributed by atoms with van der Waals surface area (Å²) >= 11 is 1.72. The normalized spacial score (nSPS) is 12.1. The van der Waals surface area contributed by atoms with Crippen LogP contribution in [0.2, 0.25) is 0 Å². The summed E-state index contributed by atoms with van der Waals surface area (Å²) in [4.78, 5) is 3.57. The molecule has 0 aliphatic heterocycles. The van der Waals surface area contributed by atoms with Crippen LogP contribution in [0.4, 0.5) is 0 Å². The van der Waals surface area contributed by atoms with Crippen LogP contribution in [0.1, 0.15) is 33.6 Å². The lowest BCUT2D eigenvalue weighted by atomic mass is 10.0. The summed E-state index contributed by atoms with van der Waals surface area (Å²) < 4.78 is 18.8. The third kappa shape index (κ3) is 5.90. The van der Waals surface area contributed by atoms with Crippen molar-refractivity contribution in [2.75, 3.05) is 14.2 Å². The van der Waals surface area contributed by atoms with Gasteiger partial charge in [0.15, 0.2) is 17.3 Å². The van der Waals surface area contributed by atoms with Crippen LogP contribution >= 0.6 is 11.3 Å².